The molecule has 0 bridgehead atoms. The van der Waals surface area contributed by atoms with Crippen LogP contribution in [0.5, 0.6) is 0 Å². The number of fused-ring (bicyclic) bond motifs is 7. The van der Waals surface area contributed by atoms with Gasteiger partial charge in [-0.25, -0.2) is 0 Å². The van der Waals surface area contributed by atoms with Gasteiger partial charge in [-0.2, -0.15) is 0 Å². The number of hydrogen-bond acceptors (Lipinski definition) is 7. The van der Waals surface area contributed by atoms with Crippen LogP contribution in [0.15, 0.2) is 12.2 Å². The standard InChI is InChI=1S/C34H56INO6/c1-21(2)23-10-15-34(29(40)41-20-33(36,18-37)19-38)16-17-35-24(28(23)34)8-9-26-31(6)13-12-27(42-22(3)39)30(4,5)25(31)11-14-32(26,35)7/h23-28,37-38H,1,8-20,36H2,2-7H3/t23?,24-,25?,26?,27+,28?,31+,32-,34+/m1/s1. The van der Waals surface area contributed by atoms with E-state index in [4.69, 9.17) is 15.2 Å². The van der Waals surface area contributed by atoms with E-state index >= 15 is 0 Å². The van der Waals surface area contributed by atoms with E-state index in [-0.39, 0.29) is 41.4 Å². The van der Waals surface area contributed by atoms with Crippen LogP contribution in [0.1, 0.15) is 99.3 Å². The molecule has 7 nitrogen and oxygen atoms in total. The summed E-state index contributed by atoms with van der Waals surface area (Å²) in [5.41, 5.74) is 5.66. The van der Waals surface area contributed by atoms with Crippen LogP contribution in [-0.2, 0) is 19.1 Å². The van der Waals surface area contributed by atoms with Crippen LogP contribution in [-0.4, -0.2) is 65.4 Å². The van der Waals surface area contributed by atoms with Crippen molar-refractivity contribution in [2.45, 2.75) is 118 Å². The van der Waals surface area contributed by atoms with Crippen LogP contribution in [0.3, 0.4) is 0 Å². The van der Waals surface area contributed by atoms with Crippen LogP contribution in [0.25, 0.3) is 0 Å². The number of carbonyl (C=O) groups is 2. The van der Waals surface area contributed by atoms with Crippen molar-refractivity contribution >= 4 is 31.8 Å². The summed E-state index contributed by atoms with van der Waals surface area (Å²) in [6, 6.07) is 0. The Morgan fingerprint density at radius 1 is 0.952 bits per heavy atom. The summed E-state index contributed by atoms with van der Waals surface area (Å²) in [7, 11) is 0. The fourth-order valence-corrected chi connectivity index (χ4v) is 22.6. The molecule has 5 fully saturated rings. The molecule has 4 N–H and O–H groups in total. The second-order valence-electron chi connectivity index (χ2n) is 15.7. The Balaban J connectivity index is 1.43. The Morgan fingerprint density at radius 2 is 1.64 bits per heavy atom. The van der Waals surface area contributed by atoms with Crippen molar-refractivity contribution in [1.82, 2.24) is 0 Å². The number of nitrogens with two attached hydrogens (primary N) is 1. The van der Waals surface area contributed by atoms with Crippen molar-refractivity contribution in [3.05, 3.63) is 12.2 Å². The van der Waals surface area contributed by atoms with E-state index in [2.05, 4.69) is 41.2 Å². The predicted molar refractivity (Wildman–Crippen MR) is 173 cm³/mol. The van der Waals surface area contributed by atoms with Crippen molar-refractivity contribution in [1.29, 1.82) is 0 Å². The number of alkyl halides is 3. The molecule has 42 heavy (non-hydrogen) atoms. The molecule has 0 aromatic carbocycles. The molecule has 0 aromatic heterocycles. The van der Waals surface area contributed by atoms with Gasteiger partial charge in [-0.05, 0) is 0 Å². The number of hydrogen-bond donors (Lipinski definition) is 3. The number of ether oxygens (including phenoxy) is 2. The molecule has 0 amide bonds. The predicted octanol–water partition coefficient (Wildman–Crippen LogP) is 5.42. The van der Waals surface area contributed by atoms with E-state index in [1.807, 2.05) is 0 Å². The normalized spacial score (nSPS) is 43.3. The third kappa shape index (κ3) is 4.91. The molecule has 240 valence electrons. The van der Waals surface area contributed by atoms with Crippen LogP contribution in [0.2, 0.25) is 0 Å². The van der Waals surface area contributed by atoms with E-state index in [0.29, 0.717) is 25.1 Å². The summed E-state index contributed by atoms with van der Waals surface area (Å²) in [6.45, 7) is 17.0. The molecule has 3 aliphatic carbocycles. The quantitative estimate of drug-likeness (QED) is 0.141. The van der Waals surface area contributed by atoms with E-state index < -0.39 is 44.0 Å². The maximum absolute atomic E-state index is 14.0. The Labute approximate surface area is 260 Å². The first-order valence-electron chi connectivity index (χ1n) is 16.2. The Kier molecular flexibility index (Phi) is 8.77. The summed E-state index contributed by atoms with van der Waals surface area (Å²) < 4.78 is 13.9. The number of aliphatic hydroxyl groups excluding tert-OH is 2. The molecule has 3 saturated carbocycles. The van der Waals surface area contributed by atoms with Gasteiger partial charge in [-0.15, -0.1) is 0 Å². The molecular formula is C34H56INO6. The molecule has 4 unspecified atom stereocenters. The van der Waals surface area contributed by atoms with Crippen molar-refractivity contribution in [3.8, 4) is 0 Å². The molecule has 2 saturated heterocycles. The van der Waals surface area contributed by atoms with Crippen molar-refractivity contribution in [2.24, 2.45) is 45.7 Å². The second kappa shape index (κ2) is 11.3. The van der Waals surface area contributed by atoms with Crippen LogP contribution >= 0.6 is 19.8 Å². The zero-order chi connectivity index (χ0) is 30.9. The zero-order valence-electron chi connectivity index (χ0n) is 26.8. The number of allylic oxidation sites excluding steroid dienone is 1. The van der Waals surface area contributed by atoms with Crippen molar-refractivity contribution in [2.75, 3.05) is 24.2 Å². The average Bonchev–Trinajstić information content (AvgIpc) is 3.34. The summed E-state index contributed by atoms with van der Waals surface area (Å²) in [5.74, 6) is 1.50. The van der Waals surface area contributed by atoms with Gasteiger partial charge >= 0.3 is 261 Å². The topological polar surface area (TPSA) is 119 Å². The number of carbonyl (C=O) groups excluding carboxylic acids is 2. The minimum atomic E-state index is -1.56. The summed E-state index contributed by atoms with van der Waals surface area (Å²) in [4.78, 5) is 26.0. The maximum atomic E-state index is 14.0. The average molecular weight is 702 g/mol. The zero-order valence-corrected chi connectivity index (χ0v) is 29.0. The number of halogens is 1. The number of rotatable bonds is 7. The van der Waals surface area contributed by atoms with E-state index in [9.17, 15) is 19.8 Å². The number of aliphatic hydroxyl groups is 2. The monoisotopic (exact) mass is 701 g/mol. The van der Waals surface area contributed by atoms with Gasteiger partial charge in [-0.1, -0.05) is 0 Å². The van der Waals surface area contributed by atoms with Gasteiger partial charge in [0.2, 0.25) is 0 Å². The Morgan fingerprint density at radius 3 is 2.26 bits per heavy atom. The molecule has 5 aliphatic rings. The molecule has 0 spiro atoms. The third-order valence-electron chi connectivity index (χ3n) is 13.1. The summed E-state index contributed by atoms with van der Waals surface area (Å²) >= 11 is -1.56. The van der Waals surface area contributed by atoms with Gasteiger partial charge in [0, 0.05) is 0 Å². The van der Waals surface area contributed by atoms with E-state index in [1.165, 1.54) is 35.7 Å². The fraction of sp³-hybridized carbons (Fsp3) is 0.882. The Bertz CT molecular complexity index is 1090. The van der Waals surface area contributed by atoms with Gasteiger partial charge in [0.15, 0.2) is 0 Å². The van der Waals surface area contributed by atoms with Crippen LogP contribution in [0.4, 0.5) is 0 Å². The summed E-state index contributed by atoms with van der Waals surface area (Å²) in [5, 5.41) is 19.4. The van der Waals surface area contributed by atoms with Gasteiger partial charge in [0.1, 0.15) is 0 Å². The molecule has 2 heterocycles. The SMILES string of the molecule is C=C(C)C1CC[C@]2(C(=O)OCC(N)(CO)CO)CCI3[C@H](CCC4[C@@]5(C)CC[C@H](OC(C)=O)C(C)(C)C5CC[C@]43C)C12. The third-order valence-corrected chi connectivity index (χ3v) is 22.6. The van der Waals surface area contributed by atoms with Gasteiger partial charge in [0.25, 0.3) is 0 Å². The van der Waals surface area contributed by atoms with Gasteiger partial charge in [0.05, 0.1) is 0 Å². The molecule has 0 aromatic rings. The molecular weight excluding hydrogens is 645 g/mol. The van der Waals surface area contributed by atoms with Gasteiger partial charge in [-0.3, -0.25) is 0 Å². The Hall–Kier alpha value is -0.710. The first-order chi connectivity index (χ1) is 19.6. The molecule has 2 aliphatic heterocycles. The van der Waals surface area contributed by atoms with E-state index in [1.54, 1.807) is 6.92 Å². The first-order valence-corrected chi connectivity index (χ1v) is 20.1. The second-order valence-corrected chi connectivity index (χ2v) is 23.2. The van der Waals surface area contributed by atoms with Gasteiger partial charge < -0.3 is 0 Å². The minimum absolute atomic E-state index is 0.00683. The molecule has 0 radical (unpaired) electrons. The van der Waals surface area contributed by atoms with Crippen molar-refractivity contribution in [3.63, 3.8) is 0 Å². The fourth-order valence-electron chi connectivity index (χ4n) is 11.0. The summed E-state index contributed by atoms with van der Waals surface area (Å²) in [6.07, 6.45) is 9.61. The van der Waals surface area contributed by atoms with E-state index in [0.717, 1.165) is 32.1 Å². The molecule has 9 atom stereocenters. The molecule has 8 heteroatoms. The van der Waals surface area contributed by atoms with Crippen molar-refractivity contribution < 1.29 is 29.3 Å². The van der Waals surface area contributed by atoms with Crippen LogP contribution in [0, 0.1) is 39.9 Å². The van der Waals surface area contributed by atoms with Crippen LogP contribution < -0.4 is 5.73 Å². The number of esters is 2. The first kappa shape index (κ1) is 32.7. The molecule has 5 rings (SSSR count).